The molecule has 1 heterocycles. The molecule has 1 aromatic rings. The Balaban J connectivity index is 2.23. The molecule has 2 N–H and O–H groups in total. The Bertz CT molecular complexity index is 566. The molecule has 0 aromatic carbocycles. The number of hydrogen-bond acceptors (Lipinski definition) is 4. The van der Waals surface area contributed by atoms with E-state index in [1.807, 2.05) is 0 Å². The van der Waals surface area contributed by atoms with Gasteiger partial charge >= 0.3 is 11.4 Å². The van der Waals surface area contributed by atoms with E-state index in [1.54, 1.807) is 13.8 Å². The summed E-state index contributed by atoms with van der Waals surface area (Å²) in [6.07, 6.45) is 6.22. The largest absolute Gasteiger partial charge is 0.355 e. The van der Waals surface area contributed by atoms with Gasteiger partial charge in [0, 0.05) is 12.1 Å². The van der Waals surface area contributed by atoms with Crippen LogP contribution in [0.2, 0.25) is 0 Å². The monoisotopic (exact) mass is 308 g/mol. The topological polar surface area (TPSA) is 79.8 Å². The summed E-state index contributed by atoms with van der Waals surface area (Å²) in [5.41, 5.74) is -0.893. The fourth-order valence-electron chi connectivity index (χ4n) is 3.43. The van der Waals surface area contributed by atoms with Crippen molar-refractivity contribution in [3.8, 4) is 0 Å². The molecule has 0 amide bonds. The minimum absolute atomic E-state index is 0.197. The van der Waals surface area contributed by atoms with Crippen molar-refractivity contribution in [3.63, 3.8) is 0 Å². The van der Waals surface area contributed by atoms with Crippen molar-refractivity contribution in [3.05, 3.63) is 21.0 Å². The quantitative estimate of drug-likeness (QED) is 0.876. The summed E-state index contributed by atoms with van der Waals surface area (Å²) in [4.78, 5) is 30.8. The summed E-state index contributed by atoms with van der Waals surface area (Å²) in [6, 6.07) is 0.0368. The van der Waals surface area contributed by atoms with Gasteiger partial charge in [-0.1, -0.05) is 33.1 Å². The molecule has 124 valence electrons. The summed E-state index contributed by atoms with van der Waals surface area (Å²) >= 11 is 0. The Hall–Kier alpha value is -1.59. The van der Waals surface area contributed by atoms with Crippen LogP contribution in [0.4, 0.5) is 5.95 Å². The molecule has 1 aliphatic carbocycles. The van der Waals surface area contributed by atoms with E-state index in [2.05, 4.69) is 29.1 Å². The van der Waals surface area contributed by atoms with Crippen molar-refractivity contribution in [2.24, 2.45) is 11.8 Å². The number of nitrogens with zero attached hydrogens (tertiary/aromatic N) is 2. The first-order valence-electron chi connectivity index (χ1n) is 8.39. The van der Waals surface area contributed by atoms with Crippen LogP contribution in [0, 0.1) is 11.8 Å². The maximum absolute atomic E-state index is 12.1. The lowest BCUT2D eigenvalue weighted by molar-refractivity contribution is 0.276. The van der Waals surface area contributed by atoms with Gasteiger partial charge in [-0.3, -0.25) is 4.98 Å². The number of hydrogen-bond donors (Lipinski definition) is 2. The summed E-state index contributed by atoms with van der Waals surface area (Å²) in [5, 5.41) is 3.32. The first kappa shape index (κ1) is 16.8. The lowest BCUT2D eigenvalue weighted by Gasteiger charge is -2.33. The molecule has 2 rings (SSSR count). The van der Waals surface area contributed by atoms with Gasteiger partial charge < -0.3 is 5.32 Å². The molecule has 1 aliphatic rings. The van der Waals surface area contributed by atoms with E-state index in [4.69, 9.17) is 0 Å². The average Bonchev–Trinajstić information content (AvgIpc) is 2.44. The maximum Gasteiger partial charge on any atom is 0.355 e. The minimum atomic E-state index is -0.493. The molecule has 1 atom stereocenters. The van der Waals surface area contributed by atoms with Crippen LogP contribution < -0.4 is 16.7 Å². The summed E-state index contributed by atoms with van der Waals surface area (Å²) in [5.74, 6) is 1.30. The fourth-order valence-corrected chi connectivity index (χ4v) is 3.43. The SMILES string of the molecule is CC(C)C(Nc1nc(=O)n(C(C)C)c(=O)[nH]1)C1CCCCC1. The standard InChI is InChI=1S/C16H28N4O2/c1-10(2)13(12-8-6-5-7-9-12)17-14-18-15(21)20(11(3)4)16(22)19-14/h10-13H,5-9H2,1-4H3,(H2,17,18,19,21,22). The normalized spacial score (nSPS) is 17.9. The Kier molecular flexibility index (Phi) is 5.42. The third kappa shape index (κ3) is 3.78. The highest BCUT2D eigenvalue weighted by Crippen LogP contribution is 2.30. The van der Waals surface area contributed by atoms with Crippen molar-refractivity contribution < 1.29 is 0 Å². The second-order valence-electron chi connectivity index (χ2n) is 6.95. The van der Waals surface area contributed by atoms with Crippen molar-refractivity contribution in [1.29, 1.82) is 0 Å². The number of aromatic nitrogens is 3. The number of anilines is 1. The molecule has 0 aliphatic heterocycles. The molecule has 22 heavy (non-hydrogen) atoms. The summed E-state index contributed by atoms with van der Waals surface area (Å²) < 4.78 is 1.14. The molecule has 1 fully saturated rings. The molecule has 6 nitrogen and oxygen atoms in total. The third-order valence-corrected chi connectivity index (χ3v) is 4.55. The van der Waals surface area contributed by atoms with Gasteiger partial charge in [0.1, 0.15) is 0 Å². The maximum atomic E-state index is 12.1. The smallest absolute Gasteiger partial charge is 0.352 e. The lowest BCUT2D eigenvalue weighted by Crippen LogP contribution is -2.42. The molecule has 1 saturated carbocycles. The van der Waals surface area contributed by atoms with Crippen LogP contribution in [0.3, 0.4) is 0 Å². The van der Waals surface area contributed by atoms with Crippen LogP contribution in [0.15, 0.2) is 9.59 Å². The predicted molar refractivity (Wildman–Crippen MR) is 88.3 cm³/mol. The molecule has 1 unspecified atom stereocenters. The molecule has 0 spiro atoms. The summed E-state index contributed by atoms with van der Waals surface area (Å²) in [7, 11) is 0. The van der Waals surface area contributed by atoms with Crippen LogP contribution in [0.25, 0.3) is 0 Å². The highest BCUT2D eigenvalue weighted by atomic mass is 16.2. The summed E-state index contributed by atoms with van der Waals surface area (Å²) in [6.45, 7) is 7.92. The van der Waals surface area contributed by atoms with Crippen molar-refractivity contribution in [2.75, 3.05) is 5.32 Å². The number of rotatable bonds is 5. The molecular formula is C16H28N4O2. The molecule has 0 saturated heterocycles. The van der Waals surface area contributed by atoms with Gasteiger partial charge in [0.25, 0.3) is 0 Å². The second kappa shape index (κ2) is 7.11. The Labute approximate surface area is 131 Å². The van der Waals surface area contributed by atoms with Crippen LogP contribution in [0.1, 0.15) is 65.8 Å². The number of nitrogens with one attached hydrogen (secondary N) is 2. The van der Waals surface area contributed by atoms with E-state index in [0.29, 0.717) is 17.8 Å². The van der Waals surface area contributed by atoms with Crippen molar-refractivity contribution in [1.82, 2.24) is 14.5 Å². The van der Waals surface area contributed by atoms with Gasteiger partial charge in [-0.2, -0.15) is 4.98 Å². The van der Waals surface area contributed by atoms with Crippen molar-refractivity contribution >= 4 is 5.95 Å². The number of H-pyrrole nitrogens is 1. The second-order valence-corrected chi connectivity index (χ2v) is 6.95. The van der Waals surface area contributed by atoms with Crippen LogP contribution in [-0.2, 0) is 0 Å². The van der Waals surface area contributed by atoms with Crippen LogP contribution in [-0.4, -0.2) is 20.6 Å². The first-order valence-corrected chi connectivity index (χ1v) is 8.39. The van der Waals surface area contributed by atoms with Gasteiger partial charge in [-0.25, -0.2) is 14.2 Å². The Morgan fingerprint density at radius 2 is 1.77 bits per heavy atom. The average molecular weight is 308 g/mol. The zero-order valence-corrected chi connectivity index (χ0v) is 14.1. The Morgan fingerprint density at radius 1 is 1.14 bits per heavy atom. The Morgan fingerprint density at radius 3 is 2.27 bits per heavy atom. The molecule has 6 heteroatoms. The molecule has 0 radical (unpaired) electrons. The third-order valence-electron chi connectivity index (χ3n) is 4.55. The van der Waals surface area contributed by atoms with Gasteiger partial charge in [-0.15, -0.1) is 0 Å². The highest BCUT2D eigenvalue weighted by Gasteiger charge is 2.27. The van der Waals surface area contributed by atoms with Gasteiger partial charge in [0.15, 0.2) is 0 Å². The van der Waals surface area contributed by atoms with E-state index >= 15 is 0 Å². The minimum Gasteiger partial charge on any atom is -0.352 e. The predicted octanol–water partition coefficient (Wildman–Crippen LogP) is 2.53. The van der Waals surface area contributed by atoms with E-state index in [9.17, 15) is 9.59 Å². The van der Waals surface area contributed by atoms with E-state index < -0.39 is 11.4 Å². The molecular weight excluding hydrogens is 280 g/mol. The highest BCUT2D eigenvalue weighted by molar-refractivity contribution is 5.24. The molecule has 0 bridgehead atoms. The zero-order chi connectivity index (χ0) is 16.3. The lowest BCUT2D eigenvalue weighted by atomic mass is 9.80. The van der Waals surface area contributed by atoms with Gasteiger partial charge in [0.2, 0.25) is 5.95 Å². The van der Waals surface area contributed by atoms with E-state index in [1.165, 1.54) is 32.1 Å². The first-order chi connectivity index (χ1) is 10.4. The van der Waals surface area contributed by atoms with Gasteiger partial charge in [-0.05, 0) is 38.5 Å². The van der Waals surface area contributed by atoms with Crippen LogP contribution in [0.5, 0.6) is 0 Å². The van der Waals surface area contributed by atoms with E-state index in [0.717, 1.165) is 4.57 Å². The number of aromatic amines is 1. The zero-order valence-electron chi connectivity index (χ0n) is 14.1. The molecule has 1 aromatic heterocycles. The van der Waals surface area contributed by atoms with Crippen LogP contribution >= 0.6 is 0 Å². The van der Waals surface area contributed by atoms with Gasteiger partial charge in [0.05, 0.1) is 0 Å². The fraction of sp³-hybridized carbons (Fsp3) is 0.812. The van der Waals surface area contributed by atoms with E-state index in [-0.39, 0.29) is 12.1 Å². The van der Waals surface area contributed by atoms with Crippen molar-refractivity contribution in [2.45, 2.75) is 71.9 Å².